The molecule has 0 spiro atoms. The summed E-state index contributed by atoms with van der Waals surface area (Å²) in [7, 11) is 0. The zero-order valence-corrected chi connectivity index (χ0v) is 39.7. The summed E-state index contributed by atoms with van der Waals surface area (Å²) in [5.41, 5.74) is 0. The molecule has 60 heavy (non-hydrogen) atoms. The van der Waals surface area contributed by atoms with Gasteiger partial charge in [0.1, 0.15) is 6.61 Å². The monoisotopic (exact) mass is 839 g/mol. The number of carbonyl (C=O) groups excluding carboxylic acids is 2. The highest BCUT2D eigenvalue weighted by Gasteiger charge is 2.16. The summed E-state index contributed by atoms with van der Waals surface area (Å²) in [6.07, 6.45) is 67.4. The van der Waals surface area contributed by atoms with Crippen LogP contribution in [-0.4, -0.2) is 36.4 Å². The fourth-order valence-corrected chi connectivity index (χ4v) is 7.42. The van der Waals surface area contributed by atoms with Gasteiger partial charge in [-0.15, -0.1) is 0 Å². The van der Waals surface area contributed by atoms with Crippen molar-refractivity contribution < 1.29 is 24.2 Å². The topological polar surface area (TPSA) is 72.8 Å². The lowest BCUT2D eigenvalue weighted by atomic mass is 10.0. The Morgan fingerprint density at radius 2 is 0.717 bits per heavy atom. The molecule has 0 saturated carbocycles. The summed E-state index contributed by atoms with van der Waals surface area (Å²) in [5.74, 6) is -0.586. The molecule has 1 unspecified atom stereocenters. The van der Waals surface area contributed by atoms with Crippen LogP contribution in [0, 0.1) is 0 Å². The molecule has 1 atom stereocenters. The van der Waals surface area contributed by atoms with Crippen LogP contribution in [0.2, 0.25) is 0 Å². The molecule has 0 aliphatic carbocycles. The lowest BCUT2D eigenvalue weighted by Gasteiger charge is -2.15. The molecule has 0 aromatic carbocycles. The maximum atomic E-state index is 12.3. The van der Waals surface area contributed by atoms with Crippen molar-refractivity contribution in [3.8, 4) is 0 Å². The standard InChI is InChI=1S/C55H98O5/c1-3-5-7-9-11-13-15-17-19-21-23-24-25-26-27-28-29-30-32-34-36-38-40-42-44-46-48-50-55(58)60-53(51-56)52-59-54(57)49-47-45-43-41-39-37-35-33-31-22-20-18-16-14-12-10-8-6-4-2/h5,7,11,13,17-20,23-24,53,56H,3-4,6,8-10,12,14-16,21-22,25-52H2,1-2H3/b7-5-,13-11-,19-17-,20-18-,24-23-. The smallest absolute Gasteiger partial charge is 0.306 e. The molecule has 0 fully saturated rings. The number of esters is 2. The number of allylic oxidation sites excluding steroid dienone is 10. The van der Waals surface area contributed by atoms with E-state index in [4.69, 9.17) is 9.47 Å². The maximum Gasteiger partial charge on any atom is 0.306 e. The van der Waals surface area contributed by atoms with E-state index >= 15 is 0 Å². The second kappa shape index (κ2) is 51.0. The predicted molar refractivity (Wildman–Crippen MR) is 260 cm³/mol. The number of aliphatic hydroxyl groups excluding tert-OH is 1. The first-order valence-electron chi connectivity index (χ1n) is 25.8. The molecule has 0 aromatic heterocycles. The second-order valence-electron chi connectivity index (χ2n) is 17.2. The molecule has 0 heterocycles. The van der Waals surface area contributed by atoms with Crippen molar-refractivity contribution >= 4 is 11.9 Å². The van der Waals surface area contributed by atoms with Gasteiger partial charge in [0.25, 0.3) is 0 Å². The average molecular weight is 839 g/mol. The number of hydrogen-bond donors (Lipinski definition) is 1. The Morgan fingerprint density at radius 3 is 1.10 bits per heavy atom. The first-order chi connectivity index (χ1) is 29.6. The number of ether oxygens (including phenoxy) is 2. The van der Waals surface area contributed by atoms with Crippen LogP contribution in [0.15, 0.2) is 60.8 Å². The number of unbranched alkanes of at least 4 members (excludes halogenated alkanes) is 29. The Hall–Kier alpha value is -2.40. The summed E-state index contributed by atoms with van der Waals surface area (Å²) in [4.78, 5) is 24.5. The summed E-state index contributed by atoms with van der Waals surface area (Å²) in [5, 5.41) is 9.63. The lowest BCUT2D eigenvalue weighted by Crippen LogP contribution is -2.28. The minimum atomic E-state index is -0.774. The highest BCUT2D eigenvalue weighted by molar-refractivity contribution is 5.70. The quantitative estimate of drug-likeness (QED) is 0.0375. The highest BCUT2D eigenvalue weighted by Crippen LogP contribution is 2.16. The predicted octanol–water partition coefficient (Wildman–Crippen LogP) is 17.1. The Kier molecular flexibility index (Phi) is 48.9. The molecule has 1 N–H and O–H groups in total. The van der Waals surface area contributed by atoms with E-state index in [-0.39, 0.29) is 25.2 Å². The third-order valence-electron chi connectivity index (χ3n) is 11.3. The number of hydrogen-bond acceptors (Lipinski definition) is 5. The van der Waals surface area contributed by atoms with Gasteiger partial charge < -0.3 is 14.6 Å². The normalized spacial score (nSPS) is 12.7. The van der Waals surface area contributed by atoms with Gasteiger partial charge in [-0.3, -0.25) is 9.59 Å². The van der Waals surface area contributed by atoms with Crippen LogP contribution in [0.5, 0.6) is 0 Å². The van der Waals surface area contributed by atoms with E-state index < -0.39 is 6.10 Å². The maximum absolute atomic E-state index is 12.3. The van der Waals surface area contributed by atoms with Crippen LogP contribution in [0.1, 0.15) is 258 Å². The molecule has 348 valence electrons. The Balaban J connectivity index is 3.49. The van der Waals surface area contributed by atoms with Crippen molar-refractivity contribution in [1.29, 1.82) is 0 Å². The van der Waals surface area contributed by atoms with Crippen molar-refractivity contribution in [2.45, 2.75) is 264 Å². The molecule has 0 aliphatic rings. The van der Waals surface area contributed by atoms with Gasteiger partial charge in [-0.1, -0.05) is 229 Å². The van der Waals surface area contributed by atoms with E-state index in [0.717, 1.165) is 64.2 Å². The second-order valence-corrected chi connectivity index (χ2v) is 17.2. The number of aliphatic hydroxyl groups is 1. The summed E-state index contributed by atoms with van der Waals surface area (Å²) < 4.78 is 10.7. The van der Waals surface area contributed by atoms with E-state index in [9.17, 15) is 14.7 Å². The highest BCUT2D eigenvalue weighted by atomic mass is 16.6. The minimum absolute atomic E-state index is 0.0662. The van der Waals surface area contributed by atoms with E-state index in [1.165, 1.54) is 167 Å². The van der Waals surface area contributed by atoms with Crippen molar-refractivity contribution in [1.82, 2.24) is 0 Å². The third kappa shape index (κ3) is 48.3. The van der Waals surface area contributed by atoms with Gasteiger partial charge in [0.2, 0.25) is 0 Å². The van der Waals surface area contributed by atoms with Crippen LogP contribution < -0.4 is 0 Å². The largest absolute Gasteiger partial charge is 0.462 e. The molecule has 0 amide bonds. The Bertz CT molecular complexity index is 1040. The van der Waals surface area contributed by atoms with E-state index in [2.05, 4.69) is 74.6 Å². The fraction of sp³-hybridized carbons (Fsp3) is 0.782. The first kappa shape index (κ1) is 57.6. The van der Waals surface area contributed by atoms with Crippen LogP contribution >= 0.6 is 0 Å². The molecule has 5 nitrogen and oxygen atoms in total. The first-order valence-corrected chi connectivity index (χ1v) is 25.8. The van der Waals surface area contributed by atoms with Crippen LogP contribution in [-0.2, 0) is 19.1 Å². The molecule has 5 heteroatoms. The van der Waals surface area contributed by atoms with Crippen molar-refractivity contribution in [2.75, 3.05) is 13.2 Å². The number of carbonyl (C=O) groups is 2. The molecule has 0 rings (SSSR count). The van der Waals surface area contributed by atoms with E-state index in [1.54, 1.807) is 0 Å². The Labute approximate surface area is 372 Å². The summed E-state index contributed by atoms with van der Waals surface area (Å²) in [6, 6.07) is 0. The van der Waals surface area contributed by atoms with Crippen LogP contribution in [0.4, 0.5) is 0 Å². The molecule has 0 aliphatic heterocycles. The van der Waals surface area contributed by atoms with E-state index in [0.29, 0.717) is 12.8 Å². The molecule has 0 aromatic rings. The fourth-order valence-electron chi connectivity index (χ4n) is 7.42. The molecular weight excluding hydrogens is 741 g/mol. The van der Waals surface area contributed by atoms with E-state index in [1.807, 2.05) is 0 Å². The zero-order valence-electron chi connectivity index (χ0n) is 39.7. The van der Waals surface area contributed by atoms with Crippen LogP contribution in [0.3, 0.4) is 0 Å². The summed E-state index contributed by atoms with van der Waals surface area (Å²) >= 11 is 0. The van der Waals surface area contributed by atoms with Gasteiger partial charge in [0.05, 0.1) is 6.61 Å². The molecule has 0 radical (unpaired) electrons. The average Bonchev–Trinajstić information content (AvgIpc) is 3.25. The van der Waals surface area contributed by atoms with Gasteiger partial charge in [0, 0.05) is 12.8 Å². The van der Waals surface area contributed by atoms with Crippen LogP contribution in [0.25, 0.3) is 0 Å². The zero-order chi connectivity index (χ0) is 43.5. The molecule has 0 saturated heterocycles. The van der Waals surface area contributed by atoms with Gasteiger partial charge in [-0.05, 0) is 77.0 Å². The molecular formula is C55H98O5. The van der Waals surface area contributed by atoms with Gasteiger partial charge in [0.15, 0.2) is 6.10 Å². The number of rotatable bonds is 47. The van der Waals surface area contributed by atoms with Crippen molar-refractivity contribution in [3.63, 3.8) is 0 Å². The molecule has 0 bridgehead atoms. The van der Waals surface area contributed by atoms with Gasteiger partial charge in [-0.2, -0.15) is 0 Å². The SMILES string of the molecule is CC/C=C\C/C=C\C/C=C\C/C=C\CCCCCCCCCCCCCCCCC(=O)OC(CO)COC(=O)CCCCCCCCCCC/C=C\CCCCCCCC. The lowest BCUT2D eigenvalue weighted by molar-refractivity contribution is -0.161. The minimum Gasteiger partial charge on any atom is -0.462 e. The van der Waals surface area contributed by atoms with Crippen molar-refractivity contribution in [3.05, 3.63) is 60.8 Å². The Morgan fingerprint density at radius 1 is 0.400 bits per heavy atom. The van der Waals surface area contributed by atoms with Crippen molar-refractivity contribution in [2.24, 2.45) is 0 Å². The summed E-state index contributed by atoms with van der Waals surface area (Å²) in [6.45, 7) is 4.04. The van der Waals surface area contributed by atoms with Gasteiger partial charge in [-0.25, -0.2) is 0 Å². The van der Waals surface area contributed by atoms with Gasteiger partial charge >= 0.3 is 11.9 Å². The third-order valence-corrected chi connectivity index (χ3v) is 11.3.